The van der Waals surface area contributed by atoms with E-state index in [4.69, 9.17) is 5.73 Å². The molecule has 4 nitrogen and oxygen atoms in total. The number of nitrogens with zero attached hydrogens (tertiary/aromatic N) is 2. The molecule has 2 aliphatic heterocycles. The lowest BCUT2D eigenvalue weighted by Crippen LogP contribution is -2.51. The molecule has 2 aliphatic rings. The average Bonchev–Trinajstić information content (AvgIpc) is 2.71. The Hall–Kier alpha value is -1.78. The number of fused-ring (bicyclic) bond motifs is 1. The molecule has 1 atom stereocenters. The largest absolute Gasteiger partial charge is 0.397 e. The third-order valence-electron chi connectivity index (χ3n) is 3.82. The van der Waals surface area contributed by atoms with Gasteiger partial charge in [-0.25, -0.2) is 4.39 Å². The predicted molar refractivity (Wildman–Crippen MR) is 67.8 cm³/mol. The molecule has 2 saturated heterocycles. The highest BCUT2D eigenvalue weighted by molar-refractivity contribution is 5.79. The molecule has 96 valence electrons. The number of piperazine rings is 1. The Kier molecular flexibility index (Phi) is 2.61. The summed E-state index contributed by atoms with van der Waals surface area (Å²) in [5.41, 5.74) is 7.19. The number of nitrogen functional groups attached to an aromatic ring is 1. The second-order valence-electron chi connectivity index (χ2n) is 4.93. The summed E-state index contributed by atoms with van der Waals surface area (Å²) in [6.45, 7) is 2.29. The number of rotatable bonds is 1. The molecule has 2 fully saturated rings. The second-order valence-corrected chi connectivity index (χ2v) is 4.93. The second kappa shape index (κ2) is 4.15. The van der Waals surface area contributed by atoms with Crippen LogP contribution in [0.1, 0.15) is 12.8 Å². The van der Waals surface area contributed by atoms with Crippen LogP contribution in [-0.4, -0.2) is 36.5 Å². The molecule has 0 saturated carbocycles. The number of hydrogen-bond acceptors (Lipinski definition) is 3. The van der Waals surface area contributed by atoms with Crippen molar-refractivity contribution in [2.24, 2.45) is 0 Å². The van der Waals surface area contributed by atoms with Gasteiger partial charge in [0, 0.05) is 32.1 Å². The van der Waals surface area contributed by atoms with Gasteiger partial charge in [-0.05, 0) is 24.6 Å². The van der Waals surface area contributed by atoms with E-state index >= 15 is 0 Å². The highest BCUT2D eigenvalue weighted by atomic mass is 19.1. The highest BCUT2D eigenvalue weighted by Crippen LogP contribution is 2.29. The van der Waals surface area contributed by atoms with Crippen LogP contribution in [0.4, 0.5) is 15.8 Å². The van der Waals surface area contributed by atoms with Crippen LogP contribution in [0, 0.1) is 5.82 Å². The normalized spacial score (nSPS) is 23.4. The summed E-state index contributed by atoms with van der Waals surface area (Å²) in [5, 5.41) is 0. The van der Waals surface area contributed by atoms with Crippen molar-refractivity contribution in [1.82, 2.24) is 4.90 Å². The summed E-state index contributed by atoms with van der Waals surface area (Å²) in [7, 11) is 0. The van der Waals surface area contributed by atoms with Crippen molar-refractivity contribution in [1.29, 1.82) is 0 Å². The Labute approximate surface area is 105 Å². The lowest BCUT2D eigenvalue weighted by Gasteiger charge is -2.39. The van der Waals surface area contributed by atoms with Crippen molar-refractivity contribution in [3.05, 3.63) is 24.0 Å². The van der Waals surface area contributed by atoms with Crippen LogP contribution in [0.3, 0.4) is 0 Å². The first-order valence-electron chi connectivity index (χ1n) is 6.24. The first-order chi connectivity index (χ1) is 8.65. The van der Waals surface area contributed by atoms with E-state index in [1.807, 2.05) is 4.90 Å². The predicted octanol–water partition coefficient (Wildman–Crippen LogP) is 1.22. The molecule has 2 N–H and O–H groups in total. The monoisotopic (exact) mass is 249 g/mol. The van der Waals surface area contributed by atoms with E-state index in [1.54, 1.807) is 6.07 Å². The summed E-state index contributed by atoms with van der Waals surface area (Å²) in [6, 6.07) is 4.78. The molecule has 18 heavy (non-hydrogen) atoms. The van der Waals surface area contributed by atoms with Crippen molar-refractivity contribution < 1.29 is 9.18 Å². The smallest absolute Gasteiger partial charge is 0.223 e. The number of benzene rings is 1. The minimum Gasteiger partial charge on any atom is -0.397 e. The Morgan fingerprint density at radius 3 is 2.94 bits per heavy atom. The minimum absolute atomic E-state index is 0.256. The van der Waals surface area contributed by atoms with Crippen molar-refractivity contribution in [3.8, 4) is 0 Å². The molecule has 0 bridgehead atoms. The highest BCUT2D eigenvalue weighted by Gasteiger charge is 2.35. The van der Waals surface area contributed by atoms with E-state index in [2.05, 4.69) is 4.90 Å². The van der Waals surface area contributed by atoms with Crippen LogP contribution in [0.25, 0.3) is 0 Å². The molecule has 0 aromatic heterocycles. The fourth-order valence-electron chi connectivity index (χ4n) is 2.90. The number of nitrogens with two attached hydrogens (primary N) is 1. The van der Waals surface area contributed by atoms with Crippen LogP contribution in [-0.2, 0) is 4.79 Å². The van der Waals surface area contributed by atoms with Gasteiger partial charge in [0.05, 0.1) is 11.4 Å². The first kappa shape index (κ1) is 11.3. The quantitative estimate of drug-likeness (QED) is 0.761. The van der Waals surface area contributed by atoms with E-state index in [0.29, 0.717) is 12.1 Å². The summed E-state index contributed by atoms with van der Waals surface area (Å²) in [6.07, 6.45) is 1.56. The number of hydrogen-bond donors (Lipinski definition) is 1. The van der Waals surface area contributed by atoms with Crippen LogP contribution < -0.4 is 10.6 Å². The summed E-state index contributed by atoms with van der Waals surface area (Å²) in [4.78, 5) is 15.7. The van der Waals surface area contributed by atoms with Crippen molar-refractivity contribution in [2.45, 2.75) is 18.9 Å². The summed E-state index contributed by atoms with van der Waals surface area (Å²) >= 11 is 0. The number of halogens is 1. The SMILES string of the molecule is Nc1cc(F)ccc1N1CCN2C(=O)CCC2C1. The molecular weight excluding hydrogens is 233 g/mol. The average molecular weight is 249 g/mol. The standard InChI is InChI=1S/C13H16FN3O/c14-9-1-3-12(11(15)7-9)16-5-6-17-10(8-16)2-4-13(17)18/h1,3,7,10H,2,4-6,8,15H2. The van der Waals surface area contributed by atoms with Gasteiger partial charge in [0.2, 0.25) is 5.91 Å². The van der Waals surface area contributed by atoms with E-state index in [-0.39, 0.29) is 17.8 Å². The van der Waals surface area contributed by atoms with Crippen LogP contribution in [0.2, 0.25) is 0 Å². The molecule has 1 amide bonds. The van der Waals surface area contributed by atoms with Gasteiger partial charge in [0.15, 0.2) is 0 Å². The summed E-state index contributed by atoms with van der Waals surface area (Å²) < 4.78 is 13.0. The van der Waals surface area contributed by atoms with E-state index in [0.717, 1.165) is 31.7 Å². The number of amides is 1. The lowest BCUT2D eigenvalue weighted by atomic mass is 10.1. The van der Waals surface area contributed by atoms with E-state index in [1.165, 1.54) is 12.1 Å². The van der Waals surface area contributed by atoms with Crippen molar-refractivity contribution >= 4 is 17.3 Å². The summed E-state index contributed by atoms with van der Waals surface area (Å²) in [5.74, 6) is -0.0577. The molecule has 5 heteroatoms. The molecule has 3 rings (SSSR count). The topological polar surface area (TPSA) is 49.6 Å². The molecule has 1 unspecified atom stereocenters. The molecule has 0 aliphatic carbocycles. The van der Waals surface area contributed by atoms with E-state index in [9.17, 15) is 9.18 Å². The molecule has 0 spiro atoms. The fourth-order valence-corrected chi connectivity index (χ4v) is 2.90. The maximum Gasteiger partial charge on any atom is 0.223 e. The van der Waals surface area contributed by atoms with E-state index < -0.39 is 0 Å². The maximum absolute atomic E-state index is 13.0. The van der Waals surface area contributed by atoms with Gasteiger partial charge in [0.1, 0.15) is 5.82 Å². The molecule has 0 radical (unpaired) electrons. The van der Waals surface area contributed by atoms with Gasteiger partial charge in [-0.2, -0.15) is 0 Å². The van der Waals surface area contributed by atoms with Gasteiger partial charge in [-0.1, -0.05) is 0 Å². The van der Waals surface area contributed by atoms with Crippen LogP contribution >= 0.6 is 0 Å². The number of carbonyl (C=O) groups is 1. The third kappa shape index (κ3) is 1.79. The first-order valence-corrected chi connectivity index (χ1v) is 6.24. The molecule has 2 heterocycles. The Balaban J connectivity index is 1.80. The zero-order valence-electron chi connectivity index (χ0n) is 10.1. The lowest BCUT2D eigenvalue weighted by molar-refractivity contribution is -0.129. The van der Waals surface area contributed by atoms with Gasteiger partial charge in [-0.3, -0.25) is 4.79 Å². The zero-order valence-corrected chi connectivity index (χ0v) is 10.1. The van der Waals surface area contributed by atoms with Gasteiger partial charge in [0.25, 0.3) is 0 Å². The van der Waals surface area contributed by atoms with Crippen molar-refractivity contribution in [3.63, 3.8) is 0 Å². The Bertz CT molecular complexity index is 491. The maximum atomic E-state index is 13.0. The van der Waals surface area contributed by atoms with Crippen molar-refractivity contribution in [2.75, 3.05) is 30.3 Å². The molecular formula is C13H16FN3O. The third-order valence-corrected chi connectivity index (χ3v) is 3.82. The molecule has 1 aromatic rings. The minimum atomic E-state index is -0.314. The number of anilines is 2. The Morgan fingerprint density at radius 2 is 2.17 bits per heavy atom. The van der Waals surface area contributed by atoms with Crippen LogP contribution in [0.15, 0.2) is 18.2 Å². The fraction of sp³-hybridized carbons (Fsp3) is 0.462. The van der Waals surface area contributed by atoms with Gasteiger partial charge in [-0.15, -0.1) is 0 Å². The van der Waals surface area contributed by atoms with Gasteiger partial charge < -0.3 is 15.5 Å². The zero-order chi connectivity index (χ0) is 12.7. The van der Waals surface area contributed by atoms with Gasteiger partial charge >= 0.3 is 0 Å². The molecule has 1 aromatic carbocycles. The van der Waals surface area contributed by atoms with Crippen LogP contribution in [0.5, 0.6) is 0 Å². The number of carbonyl (C=O) groups excluding carboxylic acids is 1. The Morgan fingerprint density at radius 1 is 1.33 bits per heavy atom.